The number of nitrogen functional groups attached to an aromatic ring is 1. The monoisotopic (exact) mass is 141 g/mol. The maximum Gasteiger partial charge on any atom is 0.123 e. The molecule has 1 rings (SSSR count). The Morgan fingerprint density at radius 1 is 1.80 bits per heavy atom. The van der Waals surface area contributed by atoms with E-state index in [4.69, 9.17) is 11.6 Å². The second-order valence-electron chi connectivity index (χ2n) is 2.13. The van der Waals surface area contributed by atoms with Gasteiger partial charge in [-0.25, -0.2) is 0 Å². The Kier molecular flexibility index (Phi) is 1.88. The Balaban J connectivity index is 2.82. The van der Waals surface area contributed by atoms with Crippen molar-refractivity contribution in [3.05, 3.63) is 11.8 Å². The number of nitrogens with zero attached hydrogens (tertiary/aromatic N) is 1. The Morgan fingerprint density at radius 3 is 2.90 bits per heavy atom. The van der Waals surface area contributed by atoms with Gasteiger partial charge in [0, 0.05) is 11.6 Å². The molecule has 1 heterocycles. The van der Waals surface area contributed by atoms with Crippen LogP contribution in [-0.2, 0) is 0 Å². The minimum atomic E-state index is 0.0405. The van der Waals surface area contributed by atoms with Gasteiger partial charge in [-0.2, -0.15) is 5.10 Å². The number of H-pyrrole nitrogens is 1. The number of nitrogens with two attached hydrogens (primary N) is 2. The highest BCUT2D eigenvalue weighted by atomic mass is 15.2. The summed E-state index contributed by atoms with van der Waals surface area (Å²) >= 11 is 0. The van der Waals surface area contributed by atoms with Gasteiger partial charge in [-0.05, 0) is 6.92 Å². The SMILES string of the molecule is CC(NN)c1cn[nH]c1N. The molecule has 0 spiro atoms. The molecule has 0 bridgehead atoms. The predicted octanol–water partition coefficient (Wildman–Crippen LogP) is -0.484. The van der Waals surface area contributed by atoms with Crippen LogP contribution >= 0.6 is 0 Å². The fraction of sp³-hybridized carbons (Fsp3) is 0.400. The fourth-order valence-corrected chi connectivity index (χ4v) is 0.740. The highest BCUT2D eigenvalue weighted by Gasteiger charge is 2.07. The topological polar surface area (TPSA) is 92.7 Å². The van der Waals surface area contributed by atoms with Gasteiger partial charge in [-0.3, -0.25) is 16.4 Å². The first-order chi connectivity index (χ1) is 4.75. The molecule has 5 nitrogen and oxygen atoms in total. The molecule has 0 saturated heterocycles. The van der Waals surface area contributed by atoms with Gasteiger partial charge in [0.15, 0.2) is 0 Å². The van der Waals surface area contributed by atoms with Crippen LogP contribution in [0.5, 0.6) is 0 Å². The highest BCUT2D eigenvalue weighted by Crippen LogP contribution is 2.14. The van der Waals surface area contributed by atoms with E-state index in [0.717, 1.165) is 5.56 Å². The lowest BCUT2D eigenvalue weighted by Gasteiger charge is -2.06. The Labute approximate surface area is 58.8 Å². The largest absolute Gasteiger partial charge is 0.384 e. The summed E-state index contributed by atoms with van der Waals surface area (Å²) in [4.78, 5) is 0. The molecule has 0 radical (unpaired) electrons. The van der Waals surface area contributed by atoms with Crippen LogP contribution < -0.4 is 17.0 Å². The van der Waals surface area contributed by atoms with Gasteiger partial charge in [0.2, 0.25) is 0 Å². The Hall–Kier alpha value is -1.07. The fourth-order valence-electron chi connectivity index (χ4n) is 0.740. The smallest absolute Gasteiger partial charge is 0.123 e. The molecule has 0 aromatic carbocycles. The van der Waals surface area contributed by atoms with Crippen LogP contribution in [0.3, 0.4) is 0 Å². The summed E-state index contributed by atoms with van der Waals surface area (Å²) in [5, 5.41) is 6.36. The van der Waals surface area contributed by atoms with Crippen molar-refractivity contribution < 1.29 is 0 Å². The minimum Gasteiger partial charge on any atom is -0.384 e. The molecule has 1 unspecified atom stereocenters. The zero-order chi connectivity index (χ0) is 7.56. The van der Waals surface area contributed by atoms with Crippen LogP contribution in [0.25, 0.3) is 0 Å². The van der Waals surface area contributed by atoms with E-state index in [-0.39, 0.29) is 6.04 Å². The van der Waals surface area contributed by atoms with Crippen molar-refractivity contribution in [3.8, 4) is 0 Å². The molecule has 0 saturated carbocycles. The summed E-state index contributed by atoms with van der Waals surface area (Å²) in [6.07, 6.45) is 1.65. The molecule has 10 heavy (non-hydrogen) atoms. The van der Waals surface area contributed by atoms with Crippen LogP contribution in [0.15, 0.2) is 6.20 Å². The van der Waals surface area contributed by atoms with Gasteiger partial charge in [0.05, 0.1) is 6.20 Å². The molecule has 0 amide bonds. The third-order valence-corrected chi connectivity index (χ3v) is 1.42. The number of aromatic amines is 1. The van der Waals surface area contributed by atoms with E-state index in [0.29, 0.717) is 5.82 Å². The lowest BCUT2D eigenvalue weighted by molar-refractivity contribution is 0.604. The van der Waals surface area contributed by atoms with Crippen molar-refractivity contribution in [1.82, 2.24) is 15.6 Å². The van der Waals surface area contributed by atoms with Gasteiger partial charge >= 0.3 is 0 Å². The number of hydrogen-bond acceptors (Lipinski definition) is 4. The zero-order valence-electron chi connectivity index (χ0n) is 5.76. The molecule has 0 fully saturated rings. The number of nitrogens with one attached hydrogen (secondary N) is 2. The third kappa shape index (κ3) is 1.09. The molecule has 1 aromatic heterocycles. The summed E-state index contributed by atoms with van der Waals surface area (Å²) < 4.78 is 0. The third-order valence-electron chi connectivity index (χ3n) is 1.42. The Bertz CT molecular complexity index is 206. The summed E-state index contributed by atoms with van der Waals surface area (Å²) in [5.74, 6) is 5.75. The van der Waals surface area contributed by atoms with Gasteiger partial charge in [-0.1, -0.05) is 0 Å². The van der Waals surface area contributed by atoms with Gasteiger partial charge in [0.25, 0.3) is 0 Å². The van der Waals surface area contributed by atoms with Crippen molar-refractivity contribution in [2.45, 2.75) is 13.0 Å². The molecule has 0 aliphatic heterocycles. The average molecular weight is 141 g/mol. The summed E-state index contributed by atoms with van der Waals surface area (Å²) in [6, 6.07) is 0.0405. The van der Waals surface area contributed by atoms with Crippen LogP contribution in [-0.4, -0.2) is 10.2 Å². The van der Waals surface area contributed by atoms with Crippen molar-refractivity contribution in [1.29, 1.82) is 0 Å². The van der Waals surface area contributed by atoms with Crippen LogP contribution in [0.2, 0.25) is 0 Å². The van der Waals surface area contributed by atoms with Gasteiger partial charge in [0.1, 0.15) is 5.82 Å². The van der Waals surface area contributed by atoms with Crippen LogP contribution in [0.1, 0.15) is 18.5 Å². The van der Waals surface area contributed by atoms with Crippen molar-refractivity contribution in [3.63, 3.8) is 0 Å². The molecule has 56 valence electrons. The first kappa shape index (κ1) is 7.04. The molecule has 5 heteroatoms. The normalized spacial score (nSPS) is 13.4. The lowest BCUT2D eigenvalue weighted by Crippen LogP contribution is -2.25. The van der Waals surface area contributed by atoms with E-state index in [1.54, 1.807) is 6.20 Å². The summed E-state index contributed by atoms with van der Waals surface area (Å²) in [5.41, 5.74) is 8.96. The molecule has 0 aliphatic rings. The number of rotatable bonds is 2. The first-order valence-corrected chi connectivity index (χ1v) is 3.00. The van der Waals surface area contributed by atoms with E-state index in [2.05, 4.69) is 15.6 Å². The standard InChI is InChI=1S/C5H11N5/c1-3(9-7)4-2-8-10-5(4)6/h2-3,9H,7H2,1H3,(H3,6,8,10). The highest BCUT2D eigenvalue weighted by molar-refractivity contribution is 5.38. The van der Waals surface area contributed by atoms with E-state index >= 15 is 0 Å². The number of anilines is 1. The second-order valence-corrected chi connectivity index (χ2v) is 2.13. The zero-order valence-corrected chi connectivity index (χ0v) is 5.76. The lowest BCUT2D eigenvalue weighted by atomic mass is 10.2. The van der Waals surface area contributed by atoms with Crippen molar-refractivity contribution in [2.75, 3.05) is 5.73 Å². The second kappa shape index (κ2) is 2.68. The van der Waals surface area contributed by atoms with E-state index < -0.39 is 0 Å². The average Bonchev–Trinajstić information content (AvgIpc) is 2.34. The molecule has 1 atom stereocenters. The summed E-state index contributed by atoms with van der Waals surface area (Å²) in [6.45, 7) is 1.90. The molecule has 1 aromatic rings. The van der Waals surface area contributed by atoms with Gasteiger partial charge in [-0.15, -0.1) is 0 Å². The van der Waals surface area contributed by atoms with E-state index in [1.165, 1.54) is 0 Å². The van der Waals surface area contributed by atoms with Gasteiger partial charge < -0.3 is 5.73 Å². The number of hydrazine groups is 1. The quantitative estimate of drug-likeness (QED) is 0.330. The maximum absolute atomic E-state index is 5.50. The van der Waals surface area contributed by atoms with Crippen LogP contribution in [0, 0.1) is 0 Å². The molecular weight excluding hydrogens is 130 g/mol. The molecule has 0 aliphatic carbocycles. The predicted molar refractivity (Wildman–Crippen MR) is 38.7 cm³/mol. The maximum atomic E-state index is 5.50. The van der Waals surface area contributed by atoms with E-state index in [1.807, 2.05) is 6.92 Å². The molecular formula is C5H11N5. The van der Waals surface area contributed by atoms with E-state index in [9.17, 15) is 0 Å². The molecule has 6 N–H and O–H groups in total. The van der Waals surface area contributed by atoms with Crippen molar-refractivity contribution >= 4 is 5.82 Å². The van der Waals surface area contributed by atoms with Crippen LogP contribution in [0.4, 0.5) is 5.82 Å². The Morgan fingerprint density at radius 2 is 2.50 bits per heavy atom. The minimum absolute atomic E-state index is 0.0405. The summed E-state index contributed by atoms with van der Waals surface area (Å²) in [7, 11) is 0. The van der Waals surface area contributed by atoms with Crippen molar-refractivity contribution in [2.24, 2.45) is 5.84 Å². The first-order valence-electron chi connectivity index (χ1n) is 3.00. The number of aromatic nitrogens is 2. The number of hydrogen-bond donors (Lipinski definition) is 4.